The average molecular weight is 276 g/mol. The number of benzene rings is 1. The molecule has 20 heavy (non-hydrogen) atoms. The highest BCUT2D eigenvalue weighted by Gasteiger charge is 2.19. The second-order valence-corrected chi connectivity index (χ2v) is 5.99. The largest absolute Gasteiger partial charge is 0.384 e. The molecule has 2 rings (SSSR count). The Hall–Kier alpha value is -0.900. The number of aryl methyl sites for hydroxylation is 1. The number of likely N-dealkylation sites (tertiary alicyclic amines) is 1. The summed E-state index contributed by atoms with van der Waals surface area (Å²) in [4.78, 5) is 2.55. The van der Waals surface area contributed by atoms with Gasteiger partial charge < -0.3 is 15.4 Å². The van der Waals surface area contributed by atoms with E-state index in [2.05, 4.69) is 36.1 Å². The van der Waals surface area contributed by atoms with Gasteiger partial charge in [0.2, 0.25) is 0 Å². The molecule has 0 aliphatic carbocycles. The van der Waals surface area contributed by atoms with E-state index in [9.17, 15) is 0 Å². The van der Waals surface area contributed by atoms with Crippen molar-refractivity contribution in [3.63, 3.8) is 0 Å². The second-order valence-electron chi connectivity index (χ2n) is 5.99. The van der Waals surface area contributed by atoms with Crippen LogP contribution in [0.15, 0.2) is 24.3 Å². The van der Waals surface area contributed by atoms with Gasteiger partial charge in [-0.25, -0.2) is 0 Å². The highest BCUT2D eigenvalue weighted by molar-refractivity contribution is 5.28. The summed E-state index contributed by atoms with van der Waals surface area (Å²) in [6.07, 6.45) is 3.56. The van der Waals surface area contributed by atoms with Crippen LogP contribution >= 0.6 is 0 Å². The summed E-state index contributed by atoms with van der Waals surface area (Å²) in [5.74, 6) is 0.751. The number of nitrogens with two attached hydrogens (primary N) is 1. The number of ether oxygens (including phenoxy) is 1. The normalized spacial score (nSPS) is 19.1. The van der Waals surface area contributed by atoms with Gasteiger partial charge in [0.15, 0.2) is 0 Å². The maximum Gasteiger partial charge on any atom is 0.0491 e. The van der Waals surface area contributed by atoms with Crippen LogP contribution in [0.25, 0.3) is 0 Å². The molecule has 3 nitrogen and oxygen atoms in total. The predicted octanol–water partition coefficient (Wildman–Crippen LogP) is 2.74. The van der Waals surface area contributed by atoms with Crippen LogP contribution in [0.2, 0.25) is 0 Å². The van der Waals surface area contributed by atoms with Gasteiger partial charge in [-0.05, 0) is 62.9 Å². The number of nitrogens with zero attached hydrogens (tertiary/aromatic N) is 1. The first-order valence-corrected chi connectivity index (χ1v) is 7.73. The maximum absolute atomic E-state index is 6.34. The molecule has 112 valence electrons. The van der Waals surface area contributed by atoms with Crippen molar-refractivity contribution in [1.82, 2.24) is 4.90 Å². The molecular weight excluding hydrogens is 248 g/mol. The lowest BCUT2D eigenvalue weighted by Gasteiger charge is -2.32. The molecule has 0 spiro atoms. The predicted molar refractivity (Wildman–Crippen MR) is 83.8 cm³/mol. The van der Waals surface area contributed by atoms with E-state index in [4.69, 9.17) is 10.5 Å². The third-order valence-electron chi connectivity index (χ3n) is 4.45. The molecule has 0 aromatic heterocycles. The lowest BCUT2D eigenvalue weighted by atomic mass is 9.96. The number of hydrogen-bond donors (Lipinski definition) is 1. The van der Waals surface area contributed by atoms with Gasteiger partial charge in [0.1, 0.15) is 0 Å². The highest BCUT2D eigenvalue weighted by Crippen LogP contribution is 2.21. The fraction of sp³-hybridized carbons (Fsp3) is 0.647. The molecule has 1 unspecified atom stereocenters. The minimum absolute atomic E-state index is 0.160. The fourth-order valence-electron chi connectivity index (χ4n) is 3.09. The van der Waals surface area contributed by atoms with Crippen molar-refractivity contribution >= 4 is 0 Å². The summed E-state index contributed by atoms with van der Waals surface area (Å²) < 4.78 is 5.25. The third kappa shape index (κ3) is 4.30. The van der Waals surface area contributed by atoms with Gasteiger partial charge >= 0.3 is 0 Å². The van der Waals surface area contributed by atoms with Crippen LogP contribution in [0.3, 0.4) is 0 Å². The standard InChI is InChI=1S/C17H28N2O/c1-14-5-3-4-6-16(14)17(18)9-12-19-10-7-15(8-11-19)13-20-2/h3-6,15,17H,7-13,18H2,1-2H3. The molecule has 3 heteroatoms. The van der Waals surface area contributed by atoms with E-state index >= 15 is 0 Å². The molecular formula is C17H28N2O. The number of hydrogen-bond acceptors (Lipinski definition) is 3. The molecule has 1 aromatic rings. The Labute approximate surface area is 123 Å². The molecule has 1 heterocycles. The van der Waals surface area contributed by atoms with Crippen molar-refractivity contribution in [3.8, 4) is 0 Å². The topological polar surface area (TPSA) is 38.5 Å². The SMILES string of the molecule is COCC1CCN(CCC(N)c2ccccc2C)CC1. The highest BCUT2D eigenvalue weighted by atomic mass is 16.5. The van der Waals surface area contributed by atoms with E-state index in [1.165, 1.54) is 37.1 Å². The van der Waals surface area contributed by atoms with E-state index in [0.29, 0.717) is 0 Å². The van der Waals surface area contributed by atoms with Gasteiger partial charge in [0, 0.05) is 19.8 Å². The molecule has 0 saturated carbocycles. The first kappa shape index (κ1) is 15.5. The molecule has 1 aliphatic rings. The van der Waals surface area contributed by atoms with E-state index < -0.39 is 0 Å². The van der Waals surface area contributed by atoms with Crippen LogP contribution in [0.5, 0.6) is 0 Å². The van der Waals surface area contributed by atoms with Gasteiger partial charge in [-0.2, -0.15) is 0 Å². The van der Waals surface area contributed by atoms with Crippen molar-refractivity contribution < 1.29 is 4.74 Å². The molecule has 1 aliphatic heterocycles. The quantitative estimate of drug-likeness (QED) is 0.868. The zero-order valence-electron chi connectivity index (χ0n) is 12.8. The number of rotatable bonds is 6. The molecule has 0 radical (unpaired) electrons. The molecule has 1 atom stereocenters. The second kappa shape index (κ2) is 7.77. The molecule has 1 saturated heterocycles. The van der Waals surface area contributed by atoms with E-state index in [-0.39, 0.29) is 6.04 Å². The van der Waals surface area contributed by atoms with Crippen molar-refractivity contribution in [3.05, 3.63) is 35.4 Å². The van der Waals surface area contributed by atoms with Gasteiger partial charge in [-0.1, -0.05) is 24.3 Å². The Bertz CT molecular complexity index is 400. The molecule has 0 bridgehead atoms. The Kier molecular flexibility index (Phi) is 6.02. The zero-order valence-corrected chi connectivity index (χ0v) is 12.8. The van der Waals surface area contributed by atoms with Gasteiger partial charge in [-0.3, -0.25) is 0 Å². The van der Waals surface area contributed by atoms with Crippen molar-refractivity contribution in [2.45, 2.75) is 32.2 Å². The molecule has 1 aromatic carbocycles. The lowest BCUT2D eigenvalue weighted by molar-refractivity contribution is 0.0983. The zero-order chi connectivity index (χ0) is 14.4. The third-order valence-corrected chi connectivity index (χ3v) is 4.45. The minimum atomic E-state index is 0.160. The van der Waals surface area contributed by atoms with E-state index in [1.807, 2.05) is 0 Å². The first-order valence-electron chi connectivity index (χ1n) is 7.73. The Morgan fingerprint density at radius 2 is 2.00 bits per heavy atom. The number of piperidine rings is 1. The summed E-state index contributed by atoms with van der Waals surface area (Å²) in [6, 6.07) is 8.62. The first-order chi connectivity index (χ1) is 9.70. The van der Waals surface area contributed by atoms with E-state index in [1.54, 1.807) is 7.11 Å². The van der Waals surface area contributed by atoms with Crippen LogP contribution in [-0.4, -0.2) is 38.3 Å². The van der Waals surface area contributed by atoms with Crippen LogP contribution in [0.1, 0.15) is 36.4 Å². The average Bonchev–Trinajstić information content (AvgIpc) is 2.47. The van der Waals surface area contributed by atoms with Crippen LogP contribution in [0.4, 0.5) is 0 Å². The van der Waals surface area contributed by atoms with E-state index in [0.717, 1.165) is 25.5 Å². The van der Waals surface area contributed by atoms with Gasteiger partial charge in [0.05, 0.1) is 0 Å². The van der Waals surface area contributed by atoms with Gasteiger partial charge in [-0.15, -0.1) is 0 Å². The summed E-state index contributed by atoms with van der Waals surface area (Å²) in [5.41, 5.74) is 8.94. The summed E-state index contributed by atoms with van der Waals surface area (Å²) in [7, 11) is 1.80. The Morgan fingerprint density at radius 3 is 2.65 bits per heavy atom. The Balaban J connectivity index is 1.75. The molecule has 1 fully saturated rings. The minimum Gasteiger partial charge on any atom is -0.384 e. The molecule has 0 amide bonds. The van der Waals surface area contributed by atoms with Crippen molar-refractivity contribution in [1.29, 1.82) is 0 Å². The summed E-state index contributed by atoms with van der Waals surface area (Å²) in [6.45, 7) is 6.54. The maximum atomic E-state index is 6.34. The van der Waals surface area contributed by atoms with Crippen LogP contribution in [0, 0.1) is 12.8 Å². The smallest absolute Gasteiger partial charge is 0.0491 e. The van der Waals surface area contributed by atoms with Crippen molar-refractivity contribution in [2.24, 2.45) is 11.7 Å². The van der Waals surface area contributed by atoms with Gasteiger partial charge in [0.25, 0.3) is 0 Å². The lowest BCUT2D eigenvalue weighted by Crippen LogP contribution is -2.36. The molecule has 2 N–H and O–H groups in total. The summed E-state index contributed by atoms with van der Waals surface area (Å²) >= 11 is 0. The monoisotopic (exact) mass is 276 g/mol. The van der Waals surface area contributed by atoms with Crippen LogP contribution in [-0.2, 0) is 4.74 Å². The van der Waals surface area contributed by atoms with Crippen molar-refractivity contribution in [2.75, 3.05) is 33.4 Å². The van der Waals surface area contributed by atoms with Crippen LogP contribution < -0.4 is 5.73 Å². The fourth-order valence-corrected chi connectivity index (χ4v) is 3.09. The number of methoxy groups -OCH3 is 1. The Morgan fingerprint density at radius 1 is 1.30 bits per heavy atom. The summed E-state index contributed by atoms with van der Waals surface area (Å²) in [5, 5.41) is 0.